The van der Waals surface area contributed by atoms with E-state index in [1.165, 1.54) is 106 Å². The summed E-state index contributed by atoms with van der Waals surface area (Å²) < 4.78 is 5.92. The molecule has 3 heteroatoms. The number of rotatable bonds is 12. The molecule has 0 bridgehead atoms. The number of hydrogen-bond donors (Lipinski definition) is 0. The third-order valence-electron chi connectivity index (χ3n) is 12.1. The summed E-state index contributed by atoms with van der Waals surface area (Å²) in [7, 11) is 1.78. The molecule has 2 unspecified atom stereocenters. The van der Waals surface area contributed by atoms with Gasteiger partial charge >= 0.3 is 0 Å². The third kappa shape index (κ3) is 8.71. The Morgan fingerprint density at radius 2 is 1.21 bits per heavy atom. The number of benzene rings is 5. The normalized spacial score (nSPS) is 14.8. The van der Waals surface area contributed by atoms with Gasteiger partial charge in [0.2, 0.25) is 5.14 Å². The van der Waals surface area contributed by atoms with Crippen molar-refractivity contribution in [2.75, 3.05) is 7.11 Å². The summed E-state index contributed by atoms with van der Waals surface area (Å²) in [5.74, 6) is 0.993. The van der Waals surface area contributed by atoms with Crippen LogP contribution in [0.1, 0.15) is 96.3 Å². The Bertz CT molecular complexity index is 2440. The fraction of sp³-hybridized carbons (Fsp3) is 0.273. The number of methoxy groups -OCH3 is 1. The highest BCUT2D eigenvalue weighted by Gasteiger charge is 2.39. The molecule has 0 amide bonds. The fourth-order valence-electron chi connectivity index (χ4n) is 9.77. The van der Waals surface area contributed by atoms with Gasteiger partial charge in [-0.25, -0.2) is 0 Å². The first-order chi connectivity index (χ1) is 27.7. The van der Waals surface area contributed by atoms with Gasteiger partial charge in [0.05, 0.1) is 7.11 Å². The van der Waals surface area contributed by atoms with Crippen molar-refractivity contribution < 1.29 is 4.74 Å². The maximum absolute atomic E-state index is 5.92. The van der Waals surface area contributed by atoms with Crippen molar-refractivity contribution in [3.63, 3.8) is 0 Å². The van der Waals surface area contributed by atoms with Crippen LogP contribution in [0.2, 0.25) is 6.32 Å². The molecule has 0 N–H and O–H groups in total. The van der Waals surface area contributed by atoms with Gasteiger partial charge in [0.15, 0.2) is 0 Å². The molecule has 0 aromatic heterocycles. The van der Waals surface area contributed by atoms with Gasteiger partial charge in [0.25, 0.3) is 0 Å². The highest BCUT2D eigenvalue weighted by molar-refractivity contribution is 14.1. The monoisotopic (exact) mass is 874 g/mol. The molecule has 5 aromatic rings. The average molecular weight is 875 g/mol. The lowest BCUT2D eigenvalue weighted by atomic mass is 9.64. The predicted octanol–water partition coefficient (Wildman–Crippen LogP) is 15.0. The molecule has 5 aromatic carbocycles. The molecule has 1 nitrogen and oxygen atoms in total. The molecule has 2 atom stereocenters. The molecule has 0 saturated carbocycles. The number of halogens is 1. The fourth-order valence-corrected chi connectivity index (χ4v) is 10.4. The quantitative estimate of drug-likeness (QED) is 0.0689. The lowest BCUT2D eigenvalue weighted by Crippen LogP contribution is -2.22. The molecule has 6 rings (SSSR count). The van der Waals surface area contributed by atoms with E-state index in [0.29, 0.717) is 0 Å². The number of hydrogen-bond acceptors (Lipinski definition) is 1. The van der Waals surface area contributed by atoms with E-state index in [4.69, 9.17) is 11.3 Å². The molecule has 0 aliphatic heterocycles. The van der Waals surface area contributed by atoms with Crippen molar-refractivity contribution in [2.24, 2.45) is 5.92 Å². The Labute approximate surface area is 363 Å². The SMILES string of the molecule is C=C(/C=C(/c1c(C)cc(C)cc1C)C(CBI)C(C1=C(c2c(C)cc(C)cc2C)C=C(c2ccc(C)cc2)/C1=C/C)c1c(C)cc(OC)cc1C)c1ccc(C)cc1. The number of ether oxygens (including phenoxy) is 1. The van der Waals surface area contributed by atoms with E-state index in [9.17, 15) is 0 Å². The van der Waals surface area contributed by atoms with Crippen molar-refractivity contribution in [3.05, 3.63) is 204 Å². The minimum absolute atomic E-state index is 0.00153. The minimum Gasteiger partial charge on any atom is -0.497 e. The number of aryl methyl sites for hydroxylation is 10. The van der Waals surface area contributed by atoms with Crippen LogP contribution in [-0.2, 0) is 0 Å². The first-order valence-corrected chi connectivity index (χ1v) is 22.2. The maximum Gasteiger partial charge on any atom is 0.200 e. The molecule has 296 valence electrons. The van der Waals surface area contributed by atoms with Gasteiger partial charge in [-0.15, -0.1) is 0 Å². The molecular formula is C55H60BIO. The van der Waals surface area contributed by atoms with Gasteiger partial charge in [-0.3, -0.25) is 0 Å². The Morgan fingerprint density at radius 3 is 1.71 bits per heavy atom. The zero-order valence-corrected chi connectivity index (χ0v) is 39.0. The van der Waals surface area contributed by atoms with E-state index >= 15 is 0 Å². The summed E-state index contributed by atoms with van der Waals surface area (Å²) in [6.07, 6.45) is 8.32. The largest absolute Gasteiger partial charge is 0.497 e. The summed E-state index contributed by atoms with van der Waals surface area (Å²) >= 11 is 2.62. The van der Waals surface area contributed by atoms with Crippen LogP contribution < -0.4 is 4.74 Å². The van der Waals surface area contributed by atoms with Crippen LogP contribution >= 0.6 is 22.4 Å². The van der Waals surface area contributed by atoms with Crippen LogP contribution in [0.5, 0.6) is 5.75 Å². The highest BCUT2D eigenvalue weighted by atomic mass is 127. The summed E-state index contributed by atoms with van der Waals surface area (Å²) in [5, 5.41) is 1.00. The van der Waals surface area contributed by atoms with Gasteiger partial charge in [-0.2, -0.15) is 22.4 Å². The lowest BCUT2D eigenvalue weighted by molar-refractivity contribution is 0.413. The van der Waals surface area contributed by atoms with Crippen LogP contribution in [0.3, 0.4) is 0 Å². The second kappa shape index (κ2) is 18.1. The first-order valence-electron chi connectivity index (χ1n) is 20.7. The van der Waals surface area contributed by atoms with Crippen molar-refractivity contribution in [1.29, 1.82) is 0 Å². The second-order valence-corrected chi connectivity index (χ2v) is 17.8. The van der Waals surface area contributed by atoms with E-state index in [1.54, 1.807) is 7.11 Å². The maximum atomic E-state index is 5.92. The third-order valence-corrected chi connectivity index (χ3v) is 12.7. The number of allylic oxidation sites excluding steroid dienone is 9. The Hall–Kier alpha value is -4.61. The summed E-state index contributed by atoms with van der Waals surface area (Å²) in [4.78, 5) is 0. The molecule has 0 spiro atoms. The van der Waals surface area contributed by atoms with E-state index in [-0.39, 0.29) is 11.8 Å². The summed E-state index contributed by atoms with van der Waals surface area (Å²) in [5.41, 5.74) is 26.9. The summed E-state index contributed by atoms with van der Waals surface area (Å²) in [6.45, 7) is 29.5. The average Bonchev–Trinajstić information content (AvgIpc) is 3.53. The molecule has 1 aliphatic carbocycles. The van der Waals surface area contributed by atoms with Crippen molar-refractivity contribution in [1.82, 2.24) is 0 Å². The second-order valence-electron chi connectivity index (χ2n) is 16.7. The minimum atomic E-state index is -0.00153. The smallest absolute Gasteiger partial charge is 0.200 e. The van der Waals surface area contributed by atoms with Gasteiger partial charge in [-0.05, 0) is 195 Å². The topological polar surface area (TPSA) is 9.23 Å². The molecule has 0 heterocycles. The van der Waals surface area contributed by atoms with Gasteiger partial charge in [0.1, 0.15) is 5.75 Å². The molecular weight excluding hydrogens is 814 g/mol. The Balaban J connectivity index is 1.79. The molecule has 58 heavy (non-hydrogen) atoms. The Kier molecular flexibility index (Phi) is 13.4. The molecule has 0 radical (unpaired) electrons. The first kappa shape index (κ1) is 43.0. The summed E-state index contributed by atoms with van der Waals surface area (Å²) in [6, 6.07) is 31.9. The van der Waals surface area contributed by atoms with Crippen LogP contribution in [-0.4, -0.2) is 12.2 Å². The van der Waals surface area contributed by atoms with E-state index in [2.05, 4.69) is 202 Å². The standard InChI is InChI=1S/C55H60BIO/c1-14-46-47(44-21-17-33(3)18-22-44)30-49(52-39(9)25-35(5)26-40(52)10)54(46)55(53-41(11)27-45(58-13)28-42(53)12)50(31-56-57)48(51-37(7)23-34(4)24-38(51)8)29-36(6)43-19-15-32(2)16-20-43/h14-30,50,55-56H,6,31H2,1-5,7-13H3/b46-14-,48-29+. The van der Waals surface area contributed by atoms with Crippen LogP contribution in [0.15, 0.2) is 121 Å². The van der Waals surface area contributed by atoms with Crippen LogP contribution in [0.4, 0.5) is 0 Å². The van der Waals surface area contributed by atoms with Crippen molar-refractivity contribution >= 4 is 49.8 Å². The van der Waals surface area contributed by atoms with Crippen LogP contribution in [0.25, 0.3) is 22.3 Å². The van der Waals surface area contributed by atoms with E-state index in [1.807, 2.05) is 0 Å². The molecule has 0 fully saturated rings. The zero-order valence-electron chi connectivity index (χ0n) is 36.9. The predicted molar refractivity (Wildman–Crippen MR) is 264 cm³/mol. The van der Waals surface area contributed by atoms with Gasteiger partial charge in [0, 0.05) is 5.92 Å². The molecule has 0 saturated heterocycles. The van der Waals surface area contributed by atoms with Crippen LogP contribution in [0, 0.1) is 75.2 Å². The highest BCUT2D eigenvalue weighted by Crippen LogP contribution is 2.56. The Morgan fingerprint density at radius 1 is 0.690 bits per heavy atom. The van der Waals surface area contributed by atoms with E-state index in [0.717, 1.165) is 28.3 Å². The zero-order chi connectivity index (χ0) is 42.0. The lowest BCUT2D eigenvalue weighted by Gasteiger charge is -2.36. The van der Waals surface area contributed by atoms with Gasteiger partial charge in [-0.1, -0.05) is 120 Å². The van der Waals surface area contributed by atoms with Crippen molar-refractivity contribution in [2.45, 2.75) is 88.4 Å². The molecule has 1 aliphatic rings. The van der Waals surface area contributed by atoms with Gasteiger partial charge < -0.3 is 4.74 Å². The van der Waals surface area contributed by atoms with E-state index < -0.39 is 0 Å². The van der Waals surface area contributed by atoms with Crippen molar-refractivity contribution in [3.8, 4) is 5.75 Å².